The highest BCUT2D eigenvalue weighted by atomic mass is 35.5. The number of methoxy groups -OCH3 is 2. The maximum absolute atomic E-state index is 14.4. The third-order valence-corrected chi connectivity index (χ3v) is 9.40. The Morgan fingerprint density at radius 2 is 1.94 bits per heavy atom. The highest BCUT2D eigenvalue weighted by Gasteiger charge is 2.53. The lowest BCUT2D eigenvalue weighted by Crippen LogP contribution is -2.54. The summed E-state index contributed by atoms with van der Waals surface area (Å²) in [5.41, 5.74) is 3.59. The second kappa shape index (κ2) is 14.5. The molecule has 3 aliphatic heterocycles. The van der Waals surface area contributed by atoms with Gasteiger partial charge in [0.05, 0.1) is 38.5 Å². The molecule has 4 aliphatic rings. The fourth-order valence-corrected chi connectivity index (χ4v) is 6.66. The van der Waals surface area contributed by atoms with Crippen molar-refractivity contribution in [2.24, 2.45) is 4.99 Å². The zero-order chi connectivity index (χ0) is 35.6. The zero-order valence-corrected chi connectivity index (χ0v) is 28.7. The molecule has 50 heavy (non-hydrogen) atoms. The van der Waals surface area contributed by atoms with E-state index in [1.807, 2.05) is 13.0 Å². The molecule has 1 unspecified atom stereocenters. The molecular weight excluding hydrogens is 668 g/mol. The van der Waals surface area contributed by atoms with Crippen LogP contribution < -0.4 is 30.9 Å². The number of halogens is 1. The molecule has 0 radical (unpaired) electrons. The molecule has 6 rings (SSSR count). The fraction of sp³-hybridized carbons (Fsp3) is 0.429. The maximum Gasteiger partial charge on any atom is 0.341 e. The highest BCUT2D eigenvalue weighted by Crippen LogP contribution is 2.39. The van der Waals surface area contributed by atoms with Crippen LogP contribution in [0.5, 0.6) is 11.5 Å². The molecule has 0 bridgehead atoms. The largest absolute Gasteiger partial charge is 0.497 e. The van der Waals surface area contributed by atoms with Gasteiger partial charge in [-0.2, -0.15) is 4.99 Å². The van der Waals surface area contributed by atoms with Gasteiger partial charge in [-0.05, 0) is 55.7 Å². The van der Waals surface area contributed by atoms with Crippen LogP contribution in [0.4, 0.5) is 4.79 Å². The Labute approximate surface area is 293 Å². The van der Waals surface area contributed by atoms with Gasteiger partial charge >= 0.3 is 6.03 Å². The minimum atomic E-state index is -1.16. The molecule has 0 aromatic heterocycles. The lowest BCUT2D eigenvalue weighted by atomic mass is 9.97. The molecule has 1 aliphatic carbocycles. The Morgan fingerprint density at radius 1 is 1.14 bits per heavy atom. The van der Waals surface area contributed by atoms with Gasteiger partial charge < -0.3 is 30.3 Å². The molecule has 1 saturated carbocycles. The third-order valence-electron chi connectivity index (χ3n) is 9.16. The van der Waals surface area contributed by atoms with Crippen LogP contribution in [0.2, 0.25) is 5.02 Å². The van der Waals surface area contributed by atoms with E-state index in [-0.39, 0.29) is 37.6 Å². The molecule has 4 atom stereocenters. The van der Waals surface area contributed by atoms with Crippen molar-refractivity contribution in [2.45, 2.75) is 75.2 Å². The van der Waals surface area contributed by atoms with Gasteiger partial charge in [-0.3, -0.25) is 29.5 Å². The number of hydroxylamine groups is 1. The number of benzene rings is 2. The summed E-state index contributed by atoms with van der Waals surface area (Å²) in [6.07, 6.45) is 4.15. The summed E-state index contributed by atoms with van der Waals surface area (Å²) in [6.45, 7) is 1.76. The molecule has 2 aromatic carbocycles. The number of ether oxygens (including phenoxy) is 2. The van der Waals surface area contributed by atoms with Crippen LogP contribution in [-0.4, -0.2) is 84.6 Å². The number of carbonyl (C=O) groups excluding carboxylic acids is 5. The predicted octanol–water partition coefficient (Wildman–Crippen LogP) is 3.00. The van der Waals surface area contributed by atoms with Crippen molar-refractivity contribution in [2.75, 3.05) is 20.8 Å². The maximum atomic E-state index is 14.4. The quantitative estimate of drug-likeness (QED) is 0.242. The molecular formula is C35H39ClN6O8. The number of Topliss-reactive ketones (excluding diaryl/α,β-unsaturated/α-hetero) is 1. The fourth-order valence-electron chi connectivity index (χ4n) is 6.47. The number of hydrogen-bond acceptors (Lipinski definition) is 9. The average molecular weight is 707 g/mol. The summed E-state index contributed by atoms with van der Waals surface area (Å²) >= 11 is 6.23. The second-order valence-electron chi connectivity index (χ2n) is 12.8. The number of ketones is 1. The van der Waals surface area contributed by atoms with Crippen LogP contribution in [0.3, 0.4) is 0 Å². The van der Waals surface area contributed by atoms with E-state index in [1.54, 1.807) is 42.5 Å². The summed E-state index contributed by atoms with van der Waals surface area (Å²) in [5, 5.41) is 8.73. The van der Waals surface area contributed by atoms with Crippen molar-refractivity contribution < 1.29 is 38.3 Å². The number of amides is 5. The van der Waals surface area contributed by atoms with Crippen LogP contribution in [0.1, 0.15) is 62.6 Å². The molecule has 4 N–H and O–H groups in total. The van der Waals surface area contributed by atoms with Gasteiger partial charge in [-0.25, -0.2) is 4.79 Å². The van der Waals surface area contributed by atoms with Crippen molar-refractivity contribution in [1.29, 1.82) is 0 Å². The number of carbonyl (C=O) groups is 5. The van der Waals surface area contributed by atoms with E-state index in [2.05, 4.69) is 26.4 Å². The van der Waals surface area contributed by atoms with Gasteiger partial charge in [-0.15, -0.1) is 0 Å². The lowest BCUT2D eigenvalue weighted by Gasteiger charge is -2.29. The Balaban J connectivity index is 1.29. The summed E-state index contributed by atoms with van der Waals surface area (Å²) in [5.74, 6) is -1.78. The molecule has 264 valence electrons. The van der Waals surface area contributed by atoms with E-state index in [1.165, 1.54) is 19.1 Å². The van der Waals surface area contributed by atoms with Gasteiger partial charge in [0.15, 0.2) is 0 Å². The van der Waals surface area contributed by atoms with Gasteiger partial charge in [-0.1, -0.05) is 37.1 Å². The first kappa shape index (κ1) is 34.9. The second-order valence-corrected chi connectivity index (χ2v) is 13.3. The standard InChI is InChI=1S/C35H39ClN6O8/c1-4-6-24(30(43)32(45)37-21-9-10-21)38-31(44)28-17-35(16-27(41-50-35)19-7-5-8-20(36)13-19)18-42(28)33(46)26-15-25(39-34(47)40-26)23-14-22(48-2)11-12-29(23)49-3/h5,7-8,11-14,16,21,24-25,28,41H,4,6,9-10,15,17-18H2,1-3H3,(H,37,45)(H,38,44)(H,39,47)/t24-,25?,28-,35+/m0/s1. The third kappa shape index (κ3) is 7.45. The molecule has 5 amide bonds. The number of hydrogen-bond donors (Lipinski definition) is 4. The van der Waals surface area contributed by atoms with Crippen molar-refractivity contribution in [1.82, 2.24) is 26.3 Å². The van der Waals surface area contributed by atoms with E-state index in [0.29, 0.717) is 34.2 Å². The molecule has 15 heteroatoms. The number of urea groups is 1. The van der Waals surface area contributed by atoms with Gasteiger partial charge in [0.2, 0.25) is 11.7 Å². The van der Waals surface area contributed by atoms with Crippen molar-refractivity contribution >= 4 is 52.5 Å². The summed E-state index contributed by atoms with van der Waals surface area (Å²) in [6, 6.07) is 8.54. The molecule has 3 heterocycles. The van der Waals surface area contributed by atoms with E-state index < -0.39 is 53.3 Å². The summed E-state index contributed by atoms with van der Waals surface area (Å²) < 4.78 is 10.9. The van der Waals surface area contributed by atoms with E-state index in [9.17, 15) is 24.0 Å². The number of likely N-dealkylation sites (tertiary alicyclic amines) is 1. The van der Waals surface area contributed by atoms with Crippen LogP contribution >= 0.6 is 11.6 Å². The smallest absolute Gasteiger partial charge is 0.341 e. The predicted molar refractivity (Wildman–Crippen MR) is 182 cm³/mol. The van der Waals surface area contributed by atoms with E-state index in [4.69, 9.17) is 25.9 Å². The minimum absolute atomic E-state index is 0.00701. The first-order valence-electron chi connectivity index (χ1n) is 16.5. The van der Waals surface area contributed by atoms with Gasteiger partial charge in [0.1, 0.15) is 28.9 Å². The Kier molecular flexibility index (Phi) is 10.1. The topological polar surface area (TPSA) is 177 Å². The molecule has 1 saturated heterocycles. The van der Waals surface area contributed by atoms with E-state index in [0.717, 1.165) is 18.4 Å². The van der Waals surface area contributed by atoms with Crippen LogP contribution in [0, 0.1) is 0 Å². The number of nitrogens with zero attached hydrogens (tertiary/aromatic N) is 2. The average Bonchev–Trinajstić information content (AvgIpc) is 3.71. The van der Waals surface area contributed by atoms with Crippen LogP contribution in [-0.2, 0) is 24.0 Å². The molecule has 2 aromatic rings. The van der Waals surface area contributed by atoms with E-state index >= 15 is 0 Å². The number of nitrogens with one attached hydrogen (secondary N) is 4. The highest BCUT2D eigenvalue weighted by molar-refractivity contribution is 6.41. The van der Waals surface area contributed by atoms with Crippen LogP contribution in [0.25, 0.3) is 5.70 Å². The van der Waals surface area contributed by atoms with Crippen LogP contribution in [0.15, 0.2) is 53.5 Å². The minimum Gasteiger partial charge on any atom is -0.497 e. The Morgan fingerprint density at radius 3 is 2.64 bits per heavy atom. The van der Waals surface area contributed by atoms with Gasteiger partial charge in [0.25, 0.3) is 11.8 Å². The van der Waals surface area contributed by atoms with Crippen molar-refractivity contribution in [3.8, 4) is 11.5 Å². The molecule has 14 nitrogen and oxygen atoms in total. The first-order valence-corrected chi connectivity index (χ1v) is 16.9. The zero-order valence-electron chi connectivity index (χ0n) is 27.9. The molecule has 1 spiro atoms. The SMILES string of the molecule is CCC[C@H](NC(=O)[C@@H]1C[C@]2(C=C(c3cccc(Cl)c3)NO2)CN1C(=O)C1=NC(=O)NC(c2cc(OC)ccc2OC)C1)C(=O)C(=O)NC1CC1. The normalized spacial score (nSPS) is 23.3. The number of rotatable bonds is 12. The first-order chi connectivity index (χ1) is 24.0. The van der Waals surface area contributed by atoms with Crippen molar-refractivity contribution in [3.63, 3.8) is 0 Å². The Hall–Kier alpha value is -4.95. The summed E-state index contributed by atoms with van der Waals surface area (Å²) in [4.78, 5) is 78.6. The number of aliphatic imine (C=N–C) groups is 1. The lowest BCUT2D eigenvalue weighted by molar-refractivity contribution is -0.141. The van der Waals surface area contributed by atoms with Gasteiger partial charge in [0, 0.05) is 35.0 Å². The summed E-state index contributed by atoms with van der Waals surface area (Å²) in [7, 11) is 3.01. The monoisotopic (exact) mass is 706 g/mol. The Bertz CT molecular complexity index is 1780. The van der Waals surface area contributed by atoms with Crippen molar-refractivity contribution in [3.05, 3.63) is 64.7 Å². The molecule has 2 fully saturated rings.